The van der Waals surface area contributed by atoms with Crippen LogP contribution in [0.15, 0.2) is 12.7 Å². The first-order valence-electron chi connectivity index (χ1n) is 6.87. The number of alkyl halides is 2. The van der Waals surface area contributed by atoms with Crippen LogP contribution >= 0.6 is 0 Å². The first kappa shape index (κ1) is 19.5. The summed E-state index contributed by atoms with van der Waals surface area (Å²) in [6.45, 7) is 1.51. The molecule has 1 fully saturated rings. The van der Waals surface area contributed by atoms with Crippen LogP contribution in [0, 0.1) is 11.8 Å². The molecular weight excluding hydrogens is 338 g/mol. The minimum atomic E-state index is -5.46. The van der Waals surface area contributed by atoms with Gasteiger partial charge in [0.2, 0.25) is 0 Å². The summed E-state index contributed by atoms with van der Waals surface area (Å²) in [4.78, 5) is 22.9. The molecule has 2 N–H and O–H groups in total. The number of carbonyl (C=O) groups excluding carboxylic acids is 1. The first-order valence-corrected chi connectivity index (χ1v) is 8.31. The topological polar surface area (TPSA) is 118 Å². The molecule has 1 aliphatic carbocycles. The van der Waals surface area contributed by atoms with Crippen LogP contribution in [-0.4, -0.2) is 47.8 Å². The highest BCUT2D eigenvalue weighted by Gasteiger charge is 2.50. The van der Waals surface area contributed by atoms with Gasteiger partial charge in [0.05, 0.1) is 11.8 Å². The molecule has 0 amide bonds. The van der Waals surface area contributed by atoms with Crippen molar-refractivity contribution in [2.24, 2.45) is 11.8 Å². The Kier molecular flexibility index (Phi) is 6.23. The van der Waals surface area contributed by atoms with Gasteiger partial charge in [0, 0.05) is 0 Å². The van der Waals surface area contributed by atoms with Crippen molar-refractivity contribution in [3.8, 4) is 0 Å². The van der Waals surface area contributed by atoms with Gasteiger partial charge in [-0.05, 0) is 18.9 Å². The lowest BCUT2D eigenvalue weighted by molar-refractivity contribution is -0.161. The van der Waals surface area contributed by atoms with E-state index in [9.17, 15) is 26.8 Å². The Morgan fingerprint density at radius 1 is 1.35 bits per heavy atom. The minimum Gasteiger partial charge on any atom is -0.481 e. The number of hydrogen-bond acceptors (Lipinski definition) is 5. The Morgan fingerprint density at radius 2 is 1.87 bits per heavy atom. The van der Waals surface area contributed by atoms with Crippen molar-refractivity contribution in [3.05, 3.63) is 12.7 Å². The average Bonchev–Trinajstić information content (AvgIpc) is 2.50. The van der Waals surface area contributed by atoms with E-state index in [1.807, 2.05) is 0 Å². The van der Waals surface area contributed by atoms with Crippen LogP contribution in [0.25, 0.3) is 0 Å². The van der Waals surface area contributed by atoms with E-state index in [4.69, 9.17) is 9.66 Å². The zero-order chi connectivity index (χ0) is 17.8. The molecule has 0 aromatic rings. The van der Waals surface area contributed by atoms with Crippen molar-refractivity contribution >= 4 is 22.1 Å². The number of esters is 1. The van der Waals surface area contributed by atoms with Crippen molar-refractivity contribution in [2.75, 3.05) is 6.61 Å². The number of carbonyl (C=O) groups is 2. The third-order valence-electron chi connectivity index (χ3n) is 3.86. The molecule has 0 aliphatic heterocycles. The van der Waals surface area contributed by atoms with Crippen LogP contribution in [0.3, 0.4) is 0 Å². The number of halogens is 2. The molecule has 0 bridgehead atoms. The second kappa shape index (κ2) is 7.35. The third-order valence-corrected chi connectivity index (χ3v) is 5.07. The summed E-state index contributed by atoms with van der Waals surface area (Å²) in [5.41, 5.74) is 0. The lowest BCUT2D eigenvalue weighted by Crippen LogP contribution is -2.44. The highest BCUT2D eigenvalue weighted by molar-refractivity contribution is 7.87. The normalized spacial score (nSPS) is 25.9. The number of carboxylic acid groups (broad SMARTS) is 1. The van der Waals surface area contributed by atoms with E-state index < -0.39 is 51.7 Å². The van der Waals surface area contributed by atoms with Gasteiger partial charge in [-0.2, -0.15) is 8.42 Å². The maximum atomic E-state index is 13.9. The van der Waals surface area contributed by atoms with E-state index in [1.165, 1.54) is 0 Å². The number of hydrogen-bond donors (Lipinski definition) is 2. The van der Waals surface area contributed by atoms with Gasteiger partial charge < -0.3 is 9.84 Å². The fourth-order valence-electron chi connectivity index (χ4n) is 2.48. The molecular formula is C13H18F2O7S. The molecule has 0 spiro atoms. The molecule has 1 rings (SSSR count). The number of aliphatic carboxylic acids is 1. The Hall–Kier alpha value is -1.55. The van der Waals surface area contributed by atoms with Crippen molar-refractivity contribution in [1.82, 2.24) is 0 Å². The van der Waals surface area contributed by atoms with E-state index in [0.29, 0.717) is 12.8 Å². The maximum Gasteiger partial charge on any atom is 0.309 e. The Balaban J connectivity index is 2.75. The summed E-state index contributed by atoms with van der Waals surface area (Å²) in [6, 6.07) is 0. The molecule has 3 unspecified atom stereocenters. The van der Waals surface area contributed by atoms with Crippen molar-refractivity contribution < 1.29 is 41.2 Å². The quantitative estimate of drug-likeness (QED) is 0.403. The number of rotatable bonds is 7. The largest absolute Gasteiger partial charge is 0.481 e. The van der Waals surface area contributed by atoms with Gasteiger partial charge in [0.15, 0.2) is 6.17 Å². The van der Waals surface area contributed by atoms with E-state index in [0.717, 1.165) is 0 Å². The van der Waals surface area contributed by atoms with Gasteiger partial charge >= 0.3 is 22.1 Å². The van der Waals surface area contributed by atoms with Crippen LogP contribution in [0.1, 0.15) is 25.7 Å². The van der Waals surface area contributed by atoms with Crippen LogP contribution in [0.4, 0.5) is 8.78 Å². The molecule has 132 valence electrons. The van der Waals surface area contributed by atoms with Gasteiger partial charge in [-0.15, -0.1) is 0 Å². The molecule has 1 aliphatic rings. The SMILES string of the molecule is C=C[C@](F)(C(F)COC(=O)C1CCCCC1C(=O)O)S(=O)(=O)O. The summed E-state index contributed by atoms with van der Waals surface area (Å²) in [6.07, 6.45) is -1.13. The Bertz CT molecular complexity index is 577. The number of ether oxygens (including phenoxy) is 1. The predicted octanol–water partition coefficient (Wildman–Crippen LogP) is 1.50. The first-order chi connectivity index (χ1) is 10.5. The second-order valence-electron chi connectivity index (χ2n) is 5.31. The van der Waals surface area contributed by atoms with E-state index in [2.05, 4.69) is 11.3 Å². The van der Waals surface area contributed by atoms with E-state index in [-0.39, 0.29) is 18.9 Å². The minimum absolute atomic E-state index is 0.0570. The summed E-state index contributed by atoms with van der Waals surface area (Å²) in [5, 5.41) is 5.23. The molecule has 0 aromatic heterocycles. The Labute approximate surface area is 132 Å². The predicted molar refractivity (Wildman–Crippen MR) is 74.5 cm³/mol. The fourth-order valence-corrected chi connectivity index (χ4v) is 3.08. The summed E-state index contributed by atoms with van der Waals surface area (Å²) in [7, 11) is -5.46. The second-order valence-corrected chi connectivity index (χ2v) is 6.89. The van der Waals surface area contributed by atoms with E-state index in [1.54, 1.807) is 0 Å². The van der Waals surface area contributed by atoms with Crippen LogP contribution in [0.5, 0.6) is 0 Å². The van der Waals surface area contributed by atoms with Crippen molar-refractivity contribution in [3.63, 3.8) is 0 Å². The fraction of sp³-hybridized carbons (Fsp3) is 0.692. The molecule has 0 aromatic carbocycles. The summed E-state index contributed by atoms with van der Waals surface area (Å²) < 4.78 is 62.6. The smallest absolute Gasteiger partial charge is 0.309 e. The molecule has 4 atom stereocenters. The molecule has 0 saturated heterocycles. The Morgan fingerprint density at radius 3 is 2.30 bits per heavy atom. The van der Waals surface area contributed by atoms with Gasteiger partial charge in [-0.1, -0.05) is 19.4 Å². The standard InChI is InChI=1S/C13H18F2O7S/c1-2-13(15,23(19,20)21)10(14)7-22-12(18)9-6-4-3-5-8(9)11(16)17/h2,8-10H,1,3-7H2,(H,16,17)(H,19,20,21)/t8?,9?,10?,13-/m1/s1. The molecule has 10 heteroatoms. The summed E-state index contributed by atoms with van der Waals surface area (Å²) >= 11 is 0. The van der Waals surface area contributed by atoms with Gasteiger partial charge in [-0.25, -0.2) is 8.78 Å². The maximum absolute atomic E-state index is 13.9. The van der Waals surface area contributed by atoms with E-state index >= 15 is 0 Å². The van der Waals surface area contributed by atoms with Crippen molar-refractivity contribution in [2.45, 2.75) is 36.9 Å². The molecule has 7 nitrogen and oxygen atoms in total. The lowest BCUT2D eigenvalue weighted by atomic mass is 9.79. The zero-order valence-electron chi connectivity index (χ0n) is 12.2. The number of carboxylic acids is 1. The van der Waals surface area contributed by atoms with Crippen LogP contribution < -0.4 is 0 Å². The van der Waals surface area contributed by atoms with Gasteiger partial charge in [-0.3, -0.25) is 14.1 Å². The molecule has 0 heterocycles. The monoisotopic (exact) mass is 356 g/mol. The highest BCUT2D eigenvalue weighted by atomic mass is 32.2. The van der Waals surface area contributed by atoms with Crippen LogP contribution in [0.2, 0.25) is 0 Å². The lowest BCUT2D eigenvalue weighted by Gasteiger charge is -2.27. The van der Waals surface area contributed by atoms with Crippen LogP contribution in [-0.2, 0) is 24.4 Å². The highest BCUT2D eigenvalue weighted by Crippen LogP contribution is 2.32. The zero-order valence-corrected chi connectivity index (χ0v) is 13.0. The molecule has 23 heavy (non-hydrogen) atoms. The van der Waals surface area contributed by atoms with Crippen molar-refractivity contribution in [1.29, 1.82) is 0 Å². The third kappa shape index (κ3) is 4.25. The molecule has 1 saturated carbocycles. The van der Waals surface area contributed by atoms with Gasteiger partial charge in [0.25, 0.3) is 5.00 Å². The molecule has 0 radical (unpaired) electrons. The summed E-state index contributed by atoms with van der Waals surface area (Å²) in [5.74, 6) is -4.21. The van der Waals surface area contributed by atoms with Gasteiger partial charge in [0.1, 0.15) is 6.61 Å². The average molecular weight is 356 g/mol.